The molecule has 10 heteroatoms. The van der Waals surface area contributed by atoms with Crippen LogP contribution in [0.25, 0.3) is 0 Å². The zero-order chi connectivity index (χ0) is 28.6. The monoisotopic (exact) mass is 550 g/mol. The first-order valence-electron chi connectivity index (χ1n) is 13.0. The maximum absolute atomic E-state index is 10.4. The van der Waals surface area contributed by atoms with Gasteiger partial charge in [-0.25, -0.2) is 0 Å². The average Bonchev–Trinajstić information content (AvgIpc) is 2.97. The van der Waals surface area contributed by atoms with Gasteiger partial charge in [0.15, 0.2) is 0 Å². The van der Waals surface area contributed by atoms with Gasteiger partial charge < -0.3 is 48.1 Å². The second kappa shape index (κ2) is 17.8. The lowest BCUT2D eigenvalue weighted by Gasteiger charge is -2.28. The number of anilines is 2. The summed E-state index contributed by atoms with van der Waals surface area (Å²) in [6.45, 7) is 4.88. The number of rotatable bonds is 20. The third kappa shape index (κ3) is 9.15. The molecule has 0 radical (unpaired) electrons. The molecule has 1 N–H and O–H groups in total. The van der Waals surface area contributed by atoms with Crippen molar-refractivity contribution in [3.8, 4) is 17.2 Å². The SMILES string of the molecule is COCCN(CCOC)c1cc(CO)c(Cc2c(OC)cc(N(CCOC)CCOC)cc2OC)c(OC)c1. The second-order valence-corrected chi connectivity index (χ2v) is 8.89. The molecule has 2 aromatic rings. The van der Waals surface area contributed by atoms with Crippen molar-refractivity contribution in [2.75, 3.05) is 112 Å². The summed E-state index contributed by atoms with van der Waals surface area (Å²) in [4.78, 5) is 4.33. The first-order chi connectivity index (χ1) is 19.0. The van der Waals surface area contributed by atoms with E-state index >= 15 is 0 Å². The fourth-order valence-corrected chi connectivity index (χ4v) is 4.44. The minimum absolute atomic E-state index is 0.146. The predicted molar refractivity (Wildman–Crippen MR) is 153 cm³/mol. The van der Waals surface area contributed by atoms with Crippen LogP contribution < -0.4 is 24.0 Å². The number of ether oxygens (including phenoxy) is 7. The molecule has 0 aliphatic rings. The highest BCUT2D eigenvalue weighted by molar-refractivity contribution is 5.64. The van der Waals surface area contributed by atoms with Crippen LogP contribution in [-0.4, -0.2) is 107 Å². The molecular formula is C29H46N2O8. The summed E-state index contributed by atoms with van der Waals surface area (Å²) in [6.07, 6.45) is 0.443. The summed E-state index contributed by atoms with van der Waals surface area (Å²) in [5.74, 6) is 2.04. The first-order valence-corrected chi connectivity index (χ1v) is 13.0. The standard InChI is InChI=1S/C29H46N2O8/c1-33-12-8-30(9-13-34-2)23-16-22(21-32)25(27(17-23)37-5)20-26-28(38-6)18-24(19-29(26)39-7)31(10-14-35-3)11-15-36-4/h16-19,32H,8-15,20-21H2,1-7H3. The van der Waals surface area contributed by atoms with Gasteiger partial charge in [-0.1, -0.05) is 0 Å². The largest absolute Gasteiger partial charge is 0.496 e. The minimum atomic E-state index is -0.146. The summed E-state index contributed by atoms with van der Waals surface area (Å²) in [5.41, 5.74) is 4.35. The fraction of sp³-hybridized carbons (Fsp3) is 0.586. The highest BCUT2D eigenvalue weighted by Crippen LogP contribution is 2.39. The molecular weight excluding hydrogens is 504 g/mol. The van der Waals surface area contributed by atoms with Crippen LogP contribution in [0.4, 0.5) is 11.4 Å². The molecule has 0 saturated heterocycles. The lowest BCUT2D eigenvalue weighted by Crippen LogP contribution is -2.31. The van der Waals surface area contributed by atoms with Gasteiger partial charge >= 0.3 is 0 Å². The van der Waals surface area contributed by atoms with Crippen molar-refractivity contribution in [1.82, 2.24) is 0 Å². The first kappa shape index (κ1) is 32.5. The number of benzene rings is 2. The Kier molecular flexibility index (Phi) is 14.8. The van der Waals surface area contributed by atoms with Crippen molar-refractivity contribution < 1.29 is 38.3 Å². The molecule has 0 aromatic heterocycles. The highest BCUT2D eigenvalue weighted by Gasteiger charge is 2.21. The van der Waals surface area contributed by atoms with Crippen LogP contribution in [0.1, 0.15) is 16.7 Å². The molecule has 0 spiro atoms. The maximum atomic E-state index is 10.4. The molecule has 0 saturated carbocycles. The number of aliphatic hydroxyl groups is 1. The third-order valence-corrected chi connectivity index (χ3v) is 6.61. The predicted octanol–water partition coefficient (Wildman–Crippen LogP) is 2.99. The van der Waals surface area contributed by atoms with Gasteiger partial charge in [0.2, 0.25) is 0 Å². The van der Waals surface area contributed by atoms with Crippen molar-refractivity contribution in [2.45, 2.75) is 13.0 Å². The lowest BCUT2D eigenvalue weighted by atomic mass is 9.96. The maximum Gasteiger partial charge on any atom is 0.128 e. The number of aliphatic hydroxyl groups excluding tert-OH is 1. The summed E-state index contributed by atoms with van der Waals surface area (Å²) >= 11 is 0. The molecule has 2 rings (SSSR count). The molecule has 0 fully saturated rings. The van der Waals surface area contributed by atoms with Crippen LogP contribution in [0.5, 0.6) is 17.2 Å². The number of hydrogen-bond donors (Lipinski definition) is 1. The number of methoxy groups -OCH3 is 7. The molecule has 0 aliphatic carbocycles. The van der Waals surface area contributed by atoms with E-state index in [0.717, 1.165) is 28.1 Å². The Bertz CT molecular complexity index is 844. The van der Waals surface area contributed by atoms with Crippen molar-refractivity contribution in [2.24, 2.45) is 0 Å². The van der Waals surface area contributed by atoms with Gasteiger partial charge in [0.1, 0.15) is 17.2 Å². The van der Waals surface area contributed by atoms with E-state index in [2.05, 4.69) is 9.80 Å². The van der Waals surface area contributed by atoms with Gasteiger partial charge in [-0.15, -0.1) is 0 Å². The molecule has 0 atom stereocenters. The molecule has 0 bridgehead atoms. The van der Waals surface area contributed by atoms with Crippen LogP contribution >= 0.6 is 0 Å². The smallest absolute Gasteiger partial charge is 0.128 e. The third-order valence-electron chi connectivity index (χ3n) is 6.61. The molecule has 39 heavy (non-hydrogen) atoms. The van der Waals surface area contributed by atoms with Gasteiger partial charge in [-0.3, -0.25) is 0 Å². The molecule has 0 aliphatic heterocycles. The van der Waals surface area contributed by atoms with Crippen LogP contribution in [-0.2, 0) is 32.0 Å². The zero-order valence-electron chi connectivity index (χ0n) is 24.6. The van der Waals surface area contributed by atoms with Gasteiger partial charge in [0.05, 0.1) is 54.4 Å². The minimum Gasteiger partial charge on any atom is -0.496 e. The average molecular weight is 551 g/mol. The Morgan fingerprint density at radius 3 is 1.23 bits per heavy atom. The summed E-state index contributed by atoms with van der Waals surface area (Å²) in [6, 6.07) is 7.98. The van der Waals surface area contributed by atoms with Crippen LogP contribution in [0, 0.1) is 0 Å². The van der Waals surface area contributed by atoms with Crippen LogP contribution in [0.2, 0.25) is 0 Å². The molecule has 0 amide bonds. The van der Waals surface area contributed by atoms with Crippen molar-refractivity contribution in [3.63, 3.8) is 0 Å². The second-order valence-electron chi connectivity index (χ2n) is 8.89. The molecule has 220 valence electrons. The Morgan fingerprint density at radius 1 is 0.538 bits per heavy atom. The van der Waals surface area contributed by atoms with E-state index in [9.17, 15) is 5.11 Å². The van der Waals surface area contributed by atoms with E-state index in [0.29, 0.717) is 76.3 Å². The quantitative estimate of drug-likeness (QED) is 0.265. The number of hydrogen-bond acceptors (Lipinski definition) is 10. The molecule has 0 unspecified atom stereocenters. The zero-order valence-corrected chi connectivity index (χ0v) is 24.6. The van der Waals surface area contributed by atoms with E-state index in [4.69, 9.17) is 33.2 Å². The van der Waals surface area contributed by atoms with E-state index < -0.39 is 0 Å². The van der Waals surface area contributed by atoms with E-state index in [1.165, 1.54) is 0 Å². The molecule has 2 aromatic carbocycles. The van der Waals surface area contributed by atoms with E-state index in [1.807, 2.05) is 24.3 Å². The summed E-state index contributed by atoms with van der Waals surface area (Å²) in [7, 11) is 11.7. The van der Waals surface area contributed by atoms with E-state index in [1.54, 1.807) is 49.8 Å². The van der Waals surface area contributed by atoms with Crippen LogP contribution in [0.3, 0.4) is 0 Å². The topological polar surface area (TPSA) is 91.3 Å². The summed E-state index contributed by atoms with van der Waals surface area (Å²) in [5, 5.41) is 10.4. The van der Waals surface area contributed by atoms with Crippen molar-refractivity contribution in [1.29, 1.82) is 0 Å². The van der Waals surface area contributed by atoms with Crippen LogP contribution in [0.15, 0.2) is 24.3 Å². The van der Waals surface area contributed by atoms with Gasteiger partial charge in [0, 0.05) is 102 Å². The fourth-order valence-electron chi connectivity index (χ4n) is 4.44. The number of nitrogens with zero attached hydrogens (tertiary/aromatic N) is 2. The molecule has 10 nitrogen and oxygen atoms in total. The Hall–Kier alpha value is -2.76. The van der Waals surface area contributed by atoms with Gasteiger partial charge in [-0.2, -0.15) is 0 Å². The van der Waals surface area contributed by atoms with Gasteiger partial charge in [-0.05, 0) is 11.6 Å². The lowest BCUT2D eigenvalue weighted by molar-refractivity contribution is 0.190. The Balaban J connectivity index is 2.54. The summed E-state index contributed by atoms with van der Waals surface area (Å²) < 4.78 is 38.8. The Labute approximate surface area is 233 Å². The molecule has 0 heterocycles. The van der Waals surface area contributed by atoms with E-state index in [-0.39, 0.29) is 6.61 Å². The Morgan fingerprint density at radius 2 is 0.897 bits per heavy atom. The normalized spacial score (nSPS) is 11.0. The van der Waals surface area contributed by atoms with Gasteiger partial charge in [0.25, 0.3) is 0 Å². The van der Waals surface area contributed by atoms with Crippen molar-refractivity contribution >= 4 is 11.4 Å². The van der Waals surface area contributed by atoms with Crippen molar-refractivity contribution in [3.05, 3.63) is 41.0 Å². The highest BCUT2D eigenvalue weighted by atomic mass is 16.5.